The second kappa shape index (κ2) is 40.7. The van der Waals surface area contributed by atoms with Gasteiger partial charge >= 0.3 is 0 Å². The van der Waals surface area contributed by atoms with E-state index in [1.54, 1.807) is 0 Å². The molecule has 48 heavy (non-hydrogen) atoms. The van der Waals surface area contributed by atoms with E-state index in [9.17, 15) is 5.41 Å². The van der Waals surface area contributed by atoms with E-state index in [0.29, 0.717) is 0 Å². The van der Waals surface area contributed by atoms with E-state index in [2.05, 4.69) is 37.5 Å². The molecule has 0 rings (SSSR count). The van der Waals surface area contributed by atoms with Crippen LogP contribution in [0, 0.1) is 5.41 Å². The number of nitrogens with zero attached hydrogens (tertiary/aromatic N) is 2. The van der Waals surface area contributed by atoms with Crippen molar-refractivity contribution >= 4 is 5.96 Å². The van der Waals surface area contributed by atoms with Crippen LogP contribution in [0.5, 0.6) is 0 Å². The number of hydrogen-bond donors (Lipinski definition) is 1. The predicted octanol–water partition coefficient (Wildman–Crippen LogP) is 15.6. The topological polar surface area (TPSA) is 30.3 Å². The van der Waals surface area contributed by atoms with Crippen LogP contribution in [0.25, 0.3) is 0 Å². The van der Waals surface area contributed by atoms with Crippen molar-refractivity contribution in [2.24, 2.45) is 0 Å². The first-order valence-corrected chi connectivity index (χ1v) is 22.8. The van der Waals surface area contributed by atoms with Gasteiger partial charge in [0.25, 0.3) is 0 Å². The van der Waals surface area contributed by atoms with Gasteiger partial charge in [-0.3, -0.25) is 5.41 Å². The second-order valence-electron chi connectivity index (χ2n) is 15.6. The fraction of sp³-hybridized carbons (Fsp3) is 0.978. The Morgan fingerprint density at radius 3 is 0.562 bits per heavy atom. The maximum absolute atomic E-state index is 9.50. The summed E-state index contributed by atoms with van der Waals surface area (Å²) < 4.78 is 0. The van der Waals surface area contributed by atoms with Crippen molar-refractivity contribution < 1.29 is 0 Å². The molecular formula is C45H93N3. The van der Waals surface area contributed by atoms with Crippen molar-refractivity contribution in [2.75, 3.05) is 26.2 Å². The summed E-state index contributed by atoms with van der Waals surface area (Å²) in [5.41, 5.74) is 0. The fourth-order valence-corrected chi connectivity index (χ4v) is 7.30. The molecule has 0 radical (unpaired) electrons. The molecule has 0 atom stereocenters. The average molecular weight is 676 g/mol. The van der Waals surface area contributed by atoms with Gasteiger partial charge in [-0.2, -0.15) is 0 Å². The molecule has 0 aliphatic rings. The number of nitrogens with one attached hydrogen (secondary N) is 1. The average Bonchev–Trinajstić information content (AvgIpc) is 3.10. The number of unbranched alkanes of at least 4 members (excludes halogenated alkanes) is 32. The molecule has 0 heterocycles. The molecule has 0 saturated carbocycles. The molecule has 0 aromatic rings. The van der Waals surface area contributed by atoms with Gasteiger partial charge in [-0.05, 0) is 25.7 Å². The normalized spacial score (nSPS) is 11.4. The zero-order chi connectivity index (χ0) is 35.0. The highest BCUT2D eigenvalue weighted by molar-refractivity contribution is 5.76. The minimum absolute atomic E-state index is 0.869. The molecule has 3 nitrogen and oxygen atoms in total. The van der Waals surface area contributed by atoms with Crippen LogP contribution >= 0.6 is 0 Å². The van der Waals surface area contributed by atoms with Crippen LogP contribution in [0.1, 0.15) is 259 Å². The van der Waals surface area contributed by atoms with Crippen LogP contribution in [-0.2, 0) is 0 Å². The van der Waals surface area contributed by atoms with Crippen LogP contribution in [0.4, 0.5) is 0 Å². The van der Waals surface area contributed by atoms with Crippen LogP contribution in [0.15, 0.2) is 0 Å². The van der Waals surface area contributed by atoms with Crippen molar-refractivity contribution in [1.82, 2.24) is 9.80 Å². The summed E-state index contributed by atoms with van der Waals surface area (Å²) in [7, 11) is 0. The Morgan fingerprint density at radius 1 is 0.250 bits per heavy atom. The third-order valence-electron chi connectivity index (χ3n) is 10.7. The summed E-state index contributed by atoms with van der Waals surface area (Å²) >= 11 is 0. The van der Waals surface area contributed by atoms with E-state index in [1.165, 1.54) is 231 Å². The van der Waals surface area contributed by atoms with Gasteiger partial charge < -0.3 is 9.80 Å². The molecule has 0 amide bonds. The van der Waals surface area contributed by atoms with Gasteiger partial charge in [-0.25, -0.2) is 0 Å². The lowest BCUT2D eigenvalue weighted by molar-refractivity contribution is 0.291. The quantitative estimate of drug-likeness (QED) is 0.0398. The first-order valence-electron chi connectivity index (χ1n) is 22.8. The standard InChI is InChI=1S/C45H93N3/c1-5-9-13-17-21-25-29-33-37-41-47(42-38-34-30-26-22-18-14-10-6-2)45(46)48(43-39-35-31-27-23-19-15-11-7-3)44-40-36-32-28-24-20-16-12-8-4/h46H,5-44H2,1-4H3. The van der Waals surface area contributed by atoms with E-state index in [1.807, 2.05) is 0 Å². The van der Waals surface area contributed by atoms with Crippen LogP contribution in [0.2, 0.25) is 0 Å². The highest BCUT2D eigenvalue weighted by atomic mass is 15.4. The van der Waals surface area contributed by atoms with Gasteiger partial charge in [0, 0.05) is 26.2 Å². The molecule has 0 aliphatic heterocycles. The highest BCUT2D eigenvalue weighted by Crippen LogP contribution is 2.16. The first-order chi connectivity index (χ1) is 23.7. The Hall–Kier alpha value is -0.730. The second-order valence-corrected chi connectivity index (χ2v) is 15.6. The Morgan fingerprint density at radius 2 is 0.396 bits per heavy atom. The molecule has 0 saturated heterocycles. The SMILES string of the molecule is CCCCCCCCCCCN(CCCCCCCCCCC)C(=N)N(CCCCCCCCCCC)CCCCCCCCCCC. The Labute approximate surface area is 305 Å². The molecule has 1 N–H and O–H groups in total. The largest absolute Gasteiger partial charge is 0.343 e. The predicted molar refractivity (Wildman–Crippen MR) is 220 cm³/mol. The van der Waals surface area contributed by atoms with E-state index in [-0.39, 0.29) is 0 Å². The third-order valence-corrected chi connectivity index (χ3v) is 10.7. The van der Waals surface area contributed by atoms with Gasteiger partial charge in [-0.15, -0.1) is 0 Å². The summed E-state index contributed by atoms with van der Waals surface area (Å²) in [6.45, 7) is 13.6. The lowest BCUT2D eigenvalue weighted by Gasteiger charge is -2.34. The summed E-state index contributed by atoms with van der Waals surface area (Å²) in [5.74, 6) is 0.869. The first kappa shape index (κ1) is 47.3. The fourth-order valence-electron chi connectivity index (χ4n) is 7.30. The van der Waals surface area contributed by atoms with Gasteiger partial charge in [0.1, 0.15) is 0 Å². The van der Waals surface area contributed by atoms with Crippen LogP contribution < -0.4 is 0 Å². The van der Waals surface area contributed by atoms with Gasteiger partial charge in [0.2, 0.25) is 0 Å². The molecule has 288 valence electrons. The summed E-state index contributed by atoms with van der Waals surface area (Å²) in [6.07, 6.45) is 49.6. The van der Waals surface area contributed by atoms with Crippen molar-refractivity contribution in [3.63, 3.8) is 0 Å². The minimum Gasteiger partial charge on any atom is -0.343 e. The lowest BCUT2D eigenvalue weighted by atomic mass is 10.1. The Kier molecular flexibility index (Phi) is 40.1. The molecule has 0 spiro atoms. The molecule has 3 heteroatoms. The van der Waals surface area contributed by atoms with E-state index < -0.39 is 0 Å². The molecule has 0 fully saturated rings. The minimum atomic E-state index is 0.869. The zero-order valence-corrected chi connectivity index (χ0v) is 34.2. The highest BCUT2D eigenvalue weighted by Gasteiger charge is 2.17. The summed E-state index contributed by atoms with van der Waals surface area (Å²) in [6, 6.07) is 0. The monoisotopic (exact) mass is 676 g/mol. The molecule has 0 aromatic heterocycles. The summed E-state index contributed by atoms with van der Waals surface area (Å²) in [4.78, 5) is 5.04. The Balaban J connectivity index is 4.91. The van der Waals surface area contributed by atoms with Crippen molar-refractivity contribution in [3.05, 3.63) is 0 Å². The Bertz CT molecular complexity index is 511. The van der Waals surface area contributed by atoms with Gasteiger partial charge in [0.15, 0.2) is 5.96 Å². The van der Waals surface area contributed by atoms with Crippen molar-refractivity contribution in [1.29, 1.82) is 5.41 Å². The van der Waals surface area contributed by atoms with E-state index in [0.717, 1.165) is 32.1 Å². The number of guanidine groups is 1. The molecule has 0 aliphatic carbocycles. The van der Waals surface area contributed by atoms with Gasteiger partial charge in [-0.1, -0.05) is 233 Å². The number of hydrogen-bond acceptors (Lipinski definition) is 1. The van der Waals surface area contributed by atoms with E-state index >= 15 is 0 Å². The molecule has 0 unspecified atom stereocenters. The number of rotatable bonds is 40. The van der Waals surface area contributed by atoms with Crippen molar-refractivity contribution in [3.8, 4) is 0 Å². The lowest BCUT2D eigenvalue weighted by Crippen LogP contribution is -2.45. The van der Waals surface area contributed by atoms with Gasteiger partial charge in [0.05, 0.1) is 0 Å². The summed E-state index contributed by atoms with van der Waals surface area (Å²) in [5, 5.41) is 9.50. The third kappa shape index (κ3) is 33.8. The van der Waals surface area contributed by atoms with Crippen molar-refractivity contribution in [2.45, 2.75) is 259 Å². The molecule has 0 bridgehead atoms. The van der Waals surface area contributed by atoms with Crippen LogP contribution in [0.3, 0.4) is 0 Å². The molecule has 0 aromatic carbocycles. The maximum atomic E-state index is 9.50. The smallest absolute Gasteiger partial charge is 0.193 e. The molecular weight excluding hydrogens is 583 g/mol. The van der Waals surface area contributed by atoms with Crippen LogP contribution in [-0.4, -0.2) is 41.9 Å². The van der Waals surface area contributed by atoms with E-state index in [4.69, 9.17) is 0 Å². The zero-order valence-electron chi connectivity index (χ0n) is 34.2. The maximum Gasteiger partial charge on any atom is 0.193 e.